The maximum absolute atomic E-state index is 12.9. The van der Waals surface area contributed by atoms with Gasteiger partial charge in [0.2, 0.25) is 8.32 Å². The number of hydrogen-bond acceptors (Lipinski definition) is 6. The fourth-order valence-corrected chi connectivity index (χ4v) is 6.40. The van der Waals surface area contributed by atoms with E-state index < -0.39 is 38.0 Å². The molecule has 6 nitrogen and oxygen atoms in total. The molecule has 1 saturated heterocycles. The lowest BCUT2D eigenvalue weighted by atomic mass is 9.83. The van der Waals surface area contributed by atoms with Crippen LogP contribution in [0.25, 0.3) is 0 Å². The van der Waals surface area contributed by atoms with Gasteiger partial charge in [-0.25, -0.2) is 4.79 Å². The number of alkyl halides is 3. The SMILES string of the molecule is CC(C)(C)[Si](C)(C)Oc1ccc(CC(CN2CCC3(CC2)OCc2ccccc23)C(=O)OC(=O)C(F)(F)F)c(Cl)c1. The molecule has 0 amide bonds. The number of halogens is 4. The van der Waals surface area contributed by atoms with Crippen LogP contribution in [0, 0.1) is 5.92 Å². The van der Waals surface area contributed by atoms with Crippen LogP contribution in [0.4, 0.5) is 13.2 Å². The lowest BCUT2D eigenvalue weighted by Gasteiger charge is -2.40. The summed E-state index contributed by atoms with van der Waals surface area (Å²) in [5, 5.41) is 0.297. The van der Waals surface area contributed by atoms with Crippen molar-refractivity contribution in [2.75, 3.05) is 19.6 Å². The molecule has 4 rings (SSSR count). The number of hydrogen-bond donors (Lipinski definition) is 0. The summed E-state index contributed by atoms with van der Waals surface area (Å²) in [6, 6.07) is 13.2. The van der Waals surface area contributed by atoms with Gasteiger partial charge in [0.05, 0.1) is 18.1 Å². The van der Waals surface area contributed by atoms with Crippen molar-refractivity contribution < 1.29 is 36.7 Å². The summed E-state index contributed by atoms with van der Waals surface area (Å²) in [5.41, 5.74) is 2.47. The summed E-state index contributed by atoms with van der Waals surface area (Å²) >= 11 is 6.58. The van der Waals surface area contributed by atoms with Gasteiger partial charge in [0.25, 0.3) is 0 Å². The van der Waals surface area contributed by atoms with Crippen LogP contribution in [0.3, 0.4) is 0 Å². The zero-order valence-corrected chi connectivity index (χ0v) is 25.8. The minimum atomic E-state index is -5.27. The van der Waals surface area contributed by atoms with Crippen molar-refractivity contribution >= 4 is 31.9 Å². The van der Waals surface area contributed by atoms with Crippen LogP contribution in [-0.2, 0) is 37.7 Å². The molecule has 2 aliphatic rings. The van der Waals surface area contributed by atoms with Gasteiger partial charge in [-0.05, 0) is 66.2 Å². The maximum Gasteiger partial charge on any atom is 0.491 e. The first kappa shape index (κ1) is 31.5. The fraction of sp³-hybridized carbons (Fsp3) is 0.533. The highest BCUT2D eigenvalue weighted by Crippen LogP contribution is 2.44. The number of carbonyl (C=O) groups is 2. The summed E-state index contributed by atoms with van der Waals surface area (Å²) < 4.78 is 55.5. The minimum Gasteiger partial charge on any atom is -0.543 e. The number of piperidine rings is 1. The third kappa shape index (κ3) is 7.16. The minimum absolute atomic E-state index is 0.00412. The molecule has 2 aromatic rings. The molecular weight excluding hydrogens is 575 g/mol. The van der Waals surface area contributed by atoms with Crippen molar-refractivity contribution in [3.8, 4) is 5.75 Å². The molecule has 2 aliphatic heterocycles. The van der Waals surface area contributed by atoms with Crippen LogP contribution in [0.15, 0.2) is 42.5 Å². The van der Waals surface area contributed by atoms with Crippen LogP contribution < -0.4 is 4.43 Å². The largest absolute Gasteiger partial charge is 0.543 e. The van der Waals surface area contributed by atoms with Gasteiger partial charge in [-0.3, -0.25) is 4.79 Å². The highest BCUT2D eigenvalue weighted by atomic mass is 35.5. The average Bonchev–Trinajstić information content (AvgIpc) is 3.23. The number of rotatable bonds is 7. The Kier molecular flexibility index (Phi) is 9.00. The van der Waals surface area contributed by atoms with E-state index in [4.69, 9.17) is 20.8 Å². The number of esters is 2. The highest BCUT2D eigenvalue weighted by molar-refractivity contribution is 6.74. The van der Waals surface area contributed by atoms with Gasteiger partial charge >= 0.3 is 18.1 Å². The summed E-state index contributed by atoms with van der Waals surface area (Å²) in [6.45, 7) is 12.4. The Bertz CT molecular complexity index is 1290. The quantitative estimate of drug-likeness (QED) is 0.190. The van der Waals surface area contributed by atoms with E-state index in [1.54, 1.807) is 18.2 Å². The Morgan fingerprint density at radius 3 is 2.37 bits per heavy atom. The summed E-state index contributed by atoms with van der Waals surface area (Å²) in [7, 11) is -2.13. The molecular formula is C30H37ClF3NO5Si. The second-order valence-electron chi connectivity index (χ2n) is 12.5. The molecule has 0 N–H and O–H groups in total. The molecule has 1 unspecified atom stereocenters. The second kappa shape index (κ2) is 11.7. The third-order valence-corrected chi connectivity index (χ3v) is 13.3. The number of nitrogens with zero attached hydrogens (tertiary/aromatic N) is 1. The normalized spacial score (nSPS) is 18.2. The molecule has 0 radical (unpaired) electrons. The molecule has 0 aromatic heterocycles. The number of likely N-dealkylation sites (tertiary alicyclic amines) is 1. The van der Waals surface area contributed by atoms with Crippen molar-refractivity contribution in [2.24, 2.45) is 5.92 Å². The fourth-order valence-electron chi connectivity index (χ4n) is 5.13. The molecule has 11 heteroatoms. The number of benzene rings is 2. The summed E-state index contributed by atoms with van der Waals surface area (Å²) in [6.07, 6.45) is -3.92. The molecule has 2 aromatic carbocycles. The van der Waals surface area contributed by atoms with Crippen LogP contribution in [0.5, 0.6) is 5.75 Å². The van der Waals surface area contributed by atoms with E-state index in [0.29, 0.717) is 48.9 Å². The Morgan fingerprint density at radius 1 is 1.10 bits per heavy atom. The lowest BCUT2D eigenvalue weighted by Crippen LogP contribution is -2.46. The zero-order valence-electron chi connectivity index (χ0n) is 24.1. The van der Waals surface area contributed by atoms with E-state index in [2.05, 4.69) is 44.7 Å². The summed E-state index contributed by atoms with van der Waals surface area (Å²) in [4.78, 5) is 26.4. The van der Waals surface area contributed by atoms with Gasteiger partial charge < -0.3 is 18.8 Å². The van der Waals surface area contributed by atoms with E-state index in [0.717, 1.165) is 11.1 Å². The topological polar surface area (TPSA) is 65.1 Å². The van der Waals surface area contributed by atoms with Crippen molar-refractivity contribution in [3.05, 3.63) is 64.2 Å². The molecule has 1 atom stereocenters. The molecule has 1 spiro atoms. The number of carbonyl (C=O) groups excluding carboxylic acids is 2. The monoisotopic (exact) mass is 611 g/mol. The van der Waals surface area contributed by atoms with E-state index in [1.807, 2.05) is 23.1 Å². The van der Waals surface area contributed by atoms with Crippen molar-refractivity contribution in [1.29, 1.82) is 0 Å². The molecule has 41 heavy (non-hydrogen) atoms. The van der Waals surface area contributed by atoms with Gasteiger partial charge in [-0.15, -0.1) is 0 Å². The molecule has 224 valence electrons. The van der Waals surface area contributed by atoms with Crippen LogP contribution in [0.2, 0.25) is 23.2 Å². The van der Waals surface area contributed by atoms with E-state index in [1.165, 1.54) is 0 Å². The van der Waals surface area contributed by atoms with Gasteiger partial charge in [-0.1, -0.05) is 62.7 Å². The molecule has 2 heterocycles. The average molecular weight is 612 g/mol. The van der Waals surface area contributed by atoms with E-state index >= 15 is 0 Å². The van der Waals surface area contributed by atoms with E-state index in [-0.39, 0.29) is 18.0 Å². The Balaban J connectivity index is 1.49. The predicted molar refractivity (Wildman–Crippen MR) is 152 cm³/mol. The number of fused-ring (bicyclic) bond motifs is 2. The second-order valence-corrected chi connectivity index (χ2v) is 17.6. The third-order valence-electron chi connectivity index (χ3n) is 8.58. The standard InChI is InChI=1S/C30H37ClF3NO5Si/c1-28(2,3)41(4,5)40-23-11-10-20(25(31)17-23)16-22(26(36)39-27(37)30(32,33)34)18-35-14-12-29(13-15-35)24-9-7-6-8-21(24)19-38-29/h6-11,17,22H,12-16,18-19H2,1-5H3. The first-order chi connectivity index (χ1) is 19.0. The smallest absolute Gasteiger partial charge is 0.491 e. The van der Waals surface area contributed by atoms with Crippen LogP contribution >= 0.6 is 11.6 Å². The highest BCUT2D eigenvalue weighted by Gasteiger charge is 2.45. The van der Waals surface area contributed by atoms with E-state index in [9.17, 15) is 22.8 Å². The van der Waals surface area contributed by atoms with Crippen molar-refractivity contribution in [1.82, 2.24) is 4.90 Å². The molecule has 0 bridgehead atoms. The van der Waals surface area contributed by atoms with Crippen molar-refractivity contribution in [3.63, 3.8) is 0 Å². The Hall–Kier alpha value is -2.40. The Labute approximate surface area is 245 Å². The summed E-state index contributed by atoms with van der Waals surface area (Å²) in [5.74, 6) is -4.20. The predicted octanol–water partition coefficient (Wildman–Crippen LogP) is 7.04. The zero-order chi connectivity index (χ0) is 30.2. The maximum atomic E-state index is 12.9. The lowest BCUT2D eigenvalue weighted by molar-refractivity contribution is -0.203. The van der Waals surface area contributed by atoms with Gasteiger partial charge in [0.1, 0.15) is 5.75 Å². The van der Waals surface area contributed by atoms with Gasteiger partial charge in [0, 0.05) is 24.7 Å². The van der Waals surface area contributed by atoms with Crippen LogP contribution in [0.1, 0.15) is 50.3 Å². The molecule has 0 aliphatic carbocycles. The van der Waals surface area contributed by atoms with Gasteiger partial charge in [0.15, 0.2) is 0 Å². The Morgan fingerprint density at radius 2 is 1.76 bits per heavy atom. The van der Waals surface area contributed by atoms with Crippen molar-refractivity contribution in [2.45, 2.75) is 76.6 Å². The molecule has 1 fully saturated rings. The first-order valence-electron chi connectivity index (χ1n) is 13.8. The first-order valence-corrected chi connectivity index (χ1v) is 17.0. The molecule has 0 saturated carbocycles. The van der Waals surface area contributed by atoms with Gasteiger partial charge in [-0.2, -0.15) is 13.2 Å². The van der Waals surface area contributed by atoms with Crippen LogP contribution in [-0.4, -0.2) is 51.0 Å². The number of ether oxygens (including phenoxy) is 2.